The van der Waals surface area contributed by atoms with Gasteiger partial charge in [0.05, 0.1) is 0 Å². The van der Waals surface area contributed by atoms with Crippen molar-refractivity contribution in [1.82, 2.24) is 10.2 Å². The van der Waals surface area contributed by atoms with Crippen LogP contribution < -0.4 is 5.32 Å². The van der Waals surface area contributed by atoms with E-state index in [0.717, 1.165) is 21.6 Å². The molecule has 1 aliphatic rings. The number of rotatable bonds is 5. The average molecular weight is 405 g/mol. The third-order valence-electron chi connectivity index (χ3n) is 4.92. The number of aromatic hydroxyl groups is 1. The van der Waals surface area contributed by atoms with Gasteiger partial charge in [-0.3, -0.25) is 14.5 Å². The summed E-state index contributed by atoms with van der Waals surface area (Å²) in [6.07, 6.45) is 0.543. The zero-order valence-electron chi connectivity index (χ0n) is 18.2. The van der Waals surface area contributed by atoms with Crippen molar-refractivity contribution in [2.45, 2.75) is 65.2 Å². The fourth-order valence-electron chi connectivity index (χ4n) is 3.23. The van der Waals surface area contributed by atoms with Crippen LogP contribution in [0.2, 0.25) is 0 Å². The molecule has 1 saturated heterocycles. The zero-order chi connectivity index (χ0) is 22.0. The van der Waals surface area contributed by atoms with Gasteiger partial charge in [-0.1, -0.05) is 53.7 Å². The van der Waals surface area contributed by atoms with Crippen LogP contribution >= 0.6 is 0 Å². The Hall–Kier alpha value is -2.57. The Bertz CT molecular complexity index is 767. The van der Waals surface area contributed by atoms with Crippen molar-refractivity contribution in [3.05, 3.63) is 28.8 Å². The molecule has 7 nitrogen and oxygen atoms in total. The topological polar surface area (TPSA) is 95.9 Å². The molecular weight excluding hydrogens is 372 g/mol. The lowest BCUT2D eigenvalue weighted by Crippen LogP contribution is -2.37. The number of carbonyl (C=O) groups excluding carboxylic acids is 3. The van der Waals surface area contributed by atoms with E-state index in [4.69, 9.17) is 4.74 Å². The Morgan fingerprint density at radius 3 is 2.10 bits per heavy atom. The van der Waals surface area contributed by atoms with Gasteiger partial charge in [-0.15, -0.1) is 0 Å². The van der Waals surface area contributed by atoms with E-state index in [1.165, 1.54) is 0 Å². The summed E-state index contributed by atoms with van der Waals surface area (Å²) in [5.41, 5.74) is 2.11. The molecule has 0 unspecified atom stereocenters. The fraction of sp³-hybridized carbons (Fsp3) is 0.591. The first-order valence-electron chi connectivity index (χ1n) is 9.91. The second kappa shape index (κ2) is 8.43. The summed E-state index contributed by atoms with van der Waals surface area (Å²) in [6, 6.07) is 3.40. The maximum atomic E-state index is 12.1. The molecule has 1 aliphatic heterocycles. The second-order valence-electron chi connectivity index (χ2n) is 9.48. The highest BCUT2D eigenvalue weighted by Gasteiger charge is 2.28. The molecule has 0 radical (unpaired) electrons. The molecular formula is C22H32N2O5. The Morgan fingerprint density at radius 1 is 1.10 bits per heavy atom. The predicted molar refractivity (Wildman–Crippen MR) is 110 cm³/mol. The van der Waals surface area contributed by atoms with Crippen molar-refractivity contribution < 1.29 is 24.2 Å². The average Bonchev–Trinajstić information content (AvgIpc) is 3.02. The highest BCUT2D eigenvalue weighted by Crippen LogP contribution is 2.39. The van der Waals surface area contributed by atoms with E-state index in [1.807, 2.05) is 53.7 Å². The summed E-state index contributed by atoms with van der Waals surface area (Å²) in [7, 11) is 0. The second-order valence-corrected chi connectivity index (χ2v) is 9.48. The van der Waals surface area contributed by atoms with E-state index in [0.29, 0.717) is 18.7 Å². The summed E-state index contributed by atoms with van der Waals surface area (Å²) in [5, 5.41) is 13.3. The molecule has 0 aliphatic carbocycles. The first-order valence-corrected chi connectivity index (χ1v) is 9.91. The molecule has 1 fully saturated rings. The molecule has 3 amide bonds. The standard InChI is InChI=1S/C22H32N2O5/c1-21(2,3)15-11-14(12-16(19(15)27)22(4,5)6)7-8-18(26)29-13-17(25)24-10-9-23-20(24)28/h11-12,27H,7-10,13H2,1-6H3,(H,23,28). The number of hydrogen-bond donors (Lipinski definition) is 2. The van der Waals surface area contributed by atoms with E-state index in [-0.39, 0.29) is 23.8 Å². The van der Waals surface area contributed by atoms with Crippen molar-refractivity contribution in [1.29, 1.82) is 0 Å². The lowest BCUT2D eigenvalue weighted by molar-refractivity contribution is -0.150. The number of imide groups is 1. The summed E-state index contributed by atoms with van der Waals surface area (Å²) >= 11 is 0. The van der Waals surface area contributed by atoms with Gasteiger partial charge in [-0.25, -0.2) is 4.79 Å². The van der Waals surface area contributed by atoms with Crippen LogP contribution in [0, 0.1) is 0 Å². The van der Waals surface area contributed by atoms with E-state index in [2.05, 4.69) is 5.32 Å². The molecule has 0 aromatic heterocycles. The highest BCUT2D eigenvalue weighted by molar-refractivity contribution is 5.96. The molecule has 2 rings (SSSR count). The van der Waals surface area contributed by atoms with Crippen LogP contribution in [0.3, 0.4) is 0 Å². The van der Waals surface area contributed by atoms with Gasteiger partial charge in [0.1, 0.15) is 5.75 Å². The van der Waals surface area contributed by atoms with Crippen LogP contribution in [0.15, 0.2) is 12.1 Å². The van der Waals surface area contributed by atoms with Gasteiger partial charge < -0.3 is 15.2 Å². The molecule has 1 heterocycles. The van der Waals surface area contributed by atoms with Gasteiger partial charge in [0.15, 0.2) is 6.61 Å². The molecule has 0 spiro atoms. The number of phenols is 1. The van der Waals surface area contributed by atoms with Gasteiger partial charge in [-0.2, -0.15) is 0 Å². The van der Waals surface area contributed by atoms with Gasteiger partial charge in [0.2, 0.25) is 0 Å². The first kappa shape index (κ1) is 22.7. The summed E-state index contributed by atoms with van der Waals surface area (Å²) in [4.78, 5) is 36.5. The SMILES string of the molecule is CC(C)(C)c1cc(CCC(=O)OCC(=O)N2CCNC2=O)cc(C(C)(C)C)c1O. The van der Waals surface area contributed by atoms with Crippen LogP contribution in [0.4, 0.5) is 4.79 Å². The molecule has 0 saturated carbocycles. The highest BCUT2D eigenvalue weighted by atomic mass is 16.5. The van der Waals surface area contributed by atoms with Crippen molar-refractivity contribution >= 4 is 17.9 Å². The fourth-order valence-corrected chi connectivity index (χ4v) is 3.23. The smallest absolute Gasteiger partial charge is 0.324 e. The number of phenolic OH excluding ortho intramolecular Hbond substituents is 1. The number of nitrogens with one attached hydrogen (secondary N) is 1. The minimum Gasteiger partial charge on any atom is -0.507 e. The first-order chi connectivity index (χ1) is 13.3. The molecule has 7 heteroatoms. The van der Waals surface area contributed by atoms with Crippen LogP contribution in [0.1, 0.15) is 64.7 Å². The van der Waals surface area contributed by atoms with Crippen LogP contribution in [-0.4, -0.2) is 47.6 Å². The number of urea groups is 1. The quantitative estimate of drug-likeness (QED) is 0.736. The van der Waals surface area contributed by atoms with E-state index >= 15 is 0 Å². The van der Waals surface area contributed by atoms with Gasteiger partial charge >= 0.3 is 12.0 Å². The number of nitrogens with zero attached hydrogens (tertiary/aromatic N) is 1. The molecule has 2 N–H and O–H groups in total. The van der Waals surface area contributed by atoms with Crippen LogP contribution in [0.5, 0.6) is 5.75 Å². The van der Waals surface area contributed by atoms with Gasteiger partial charge in [0, 0.05) is 19.5 Å². The lowest BCUT2D eigenvalue weighted by atomic mass is 9.78. The maximum Gasteiger partial charge on any atom is 0.324 e. The van der Waals surface area contributed by atoms with Crippen molar-refractivity contribution in [3.63, 3.8) is 0 Å². The normalized spacial score (nSPS) is 14.7. The van der Waals surface area contributed by atoms with Gasteiger partial charge in [0.25, 0.3) is 5.91 Å². The molecule has 0 atom stereocenters. The Kier molecular flexibility index (Phi) is 6.60. The van der Waals surface area contributed by atoms with E-state index < -0.39 is 24.5 Å². The van der Waals surface area contributed by atoms with Crippen molar-refractivity contribution in [3.8, 4) is 5.75 Å². The predicted octanol–water partition coefficient (Wildman–Crippen LogP) is 3.01. The lowest BCUT2D eigenvalue weighted by Gasteiger charge is -2.28. The molecule has 1 aromatic carbocycles. The third-order valence-corrected chi connectivity index (χ3v) is 4.92. The number of amides is 3. The molecule has 160 valence electrons. The number of carbonyl (C=O) groups is 3. The number of aryl methyl sites for hydroxylation is 1. The minimum atomic E-state index is -0.525. The zero-order valence-corrected chi connectivity index (χ0v) is 18.2. The van der Waals surface area contributed by atoms with Crippen molar-refractivity contribution in [2.24, 2.45) is 0 Å². The Morgan fingerprint density at radius 2 is 1.66 bits per heavy atom. The summed E-state index contributed by atoms with van der Waals surface area (Å²) < 4.78 is 5.05. The maximum absolute atomic E-state index is 12.1. The van der Waals surface area contributed by atoms with Gasteiger partial charge in [-0.05, 0) is 33.9 Å². The largest absolute Gasteiger partial charge is 0.507 e. The number of esters is 1. The number of ether oxygens (including phenoxy) is 1. The Labute approximate surface area is 172 Å². The minimum absolute atomic E-state index is 0.109. The number of benzene rings is 1. The summed E-state index contributed by atoms with van der Waals surface area (Å²) in [6.45, 7) is 12.5. The third kappa shape index (κ3) is 5.71. The van der Waals surface area contributed by atoms with Crippen LogP contribution in [0.25, 0.3) is 0 Å². The van der Waals surface area contributed by atoms with Crippen LogP contribution in [-0.2, 0) is 31.6 Å². The van der Waals surface area contributed by atoms with E-state index in [1.54, 1.807) is 0 Å². The number of hydrogen-bond acceptors (Lipinski definition) is 5. The van der Waals surface area contributed by atoms with Crippen molar-refractivity contribution in [2.75, 3.05) is 19.7 Å². The summed E-state index contributed by atoms with van der Waals surface area (Å²) in [5.74, 6) is -0.727. The monoisotopic (exact) mass is 404 g/mol. The Balaban J connectivity index is 2.05. The molecule has 0 bridgehead atoms. The molecule has 1 aromatic rings. The van der Waals surface area contributed by atoms with E-state index in [9.17, 15) is 19.5 Å². The molecule has 29 heavy (non-hydrogen) atoms.